The van der Waals surface area contributed by atoms with Gasteiger partial charge in [-0.25, -0.2) is 0 Å². The van der Waals surface area contributed by atoms with E-state index in [2.05, 4.69) is 49.2 Å². The molecule has 0 amide bonds. The van der Waals surface area contributed by atoms with Gasteiger partial charge in [0.15, 0.2) is 5.78 Å². The third-order valence-corrected chi connectivity index (χ3v) is 4.86. The van der Waals surface area contributed by atoms with Crippen LogP contribution in [0.25, 0.3) is 22.2 Å². The van der Waals surface area contributed by atoms with E-state index in [1.807, 2.05) is 52.0 Å². The van der Waals surface area contributed by atoms with Crippen molar-refractivity contribution in [3.8, 4) is 11.3 Å². The summed E-state index contributed by atoms with van der Waals surface area (Å²) in [5.74, 6) is 0.979. The minimum Gasteiger partial charge on any atom is -0.512 e. The Morgan fingerprint density at radius 1 is 1.00 bits per heavy atom. The molecule has 173 valence electrons. The van der Waals surface area contributed by atoms with Gasteiger partial charge < -0.3 is 5.11 Å². The number of aliphatic hydroxyl groups is 1. The molecular weight excluding hydrogens is 575 g/mol. The van der Waals surface area contributed by atoms with Crippen LogP contribution >= 0.6 is 0 Å². The number of aryl methyl sites for hydroxylation is 2. The smallest absolute Gasteiger partial charge is 0.159 e. The van der Waals surface area contributed by atoms with Crippen molar-refractivity contribution >= 4 is 16.7 Å². The standard InChI is InChI=1S/C17H14N.C11H20O2.Ir/c1-12-7-8-15(11-13(12)2)17-10-9-14-5-3-4-6-16(14)18-17;1-8(2)5-10(12)7-11(13)6-9(3)4;/h3-7,9-11H,1-2H3;7-9,12H,5-6H2,1-4H3;/q-1;;/b;10-7-;. The van der Waals surface area contributed by atoms with Gasteiger partial charge in [-0.2, -0.15) is 0 Å². The van der Waals surface area contributed by atoms with Gasteiger partial charge in [0.25, 0.3) is 0 Å². The number of fused-ring (bicyclic) bond motifs is 1. The van der Waals surface area contributed by atoms with Gasteiger partial charge in [0, 0.05) is 39.0 Å². The van der Waals surface area contributed by atoms with Gasteiger partial charge in [0.1, 0.15) is 0 Å². The Balaban J connectivity index is 0.000000330. The number of aliphatic hydroxyl groups excluding tert-OH is 1. The molecule has 1 radical (unpaired) electrons. The summed E-state index contributed by atoms with van der Waals surface area (Å²) in [7, 11) is 0. The summed E-state index contributed by atoms with van der Waals surface area (Å²) in [5, 5.41) is 10.5. The number of nitrogens with zero attached hydrogens (tertiary/aromatic N) is 1. The van der Waals surface area contributed by atoms with Crippen molar-refractivity contribution < 1.29 is 30.0 Å². The second kappa shape index (κ2) is 13.3. The zero-order valence-corrected chi connectivity index (χ0v) is 22.3. The Kier molecular flexibility index (Phi) is 11.5. The molecule has 0 saturated carbocycles. The van der Waals surface area contributed by atoms with Crippen LogP contribution in [0, 0.1) is 31.7 Å². The SMILES string of the molecule is CC(C)CC(=O)/C=C(\O)CC(C)C.Cc1c[c-]c(-c2ccc3ccccc3n2)cc1C.[Ir]. The number of para-hydroxylation sites is 1. The van der Waals surface area contributed by atoms with E-state index in [4.69, 9.17) is 0 Å². The molecule has 0 unspecified atom stereocenters. The number of carbonyl (C=O) groups is 1. The van der Waals surface area contributed by atoms with Crippen LogP contribution in [0.4, 0.5) is 0 Å². The van der Waals surface area contributed by atoms with Gasteiger partial charge in [-0.05, 0) is 29.0 Å². The molecule has 0 aliphatic heterocycles. The average Bonchev–Trinajstić information content (AvgIpc) is 2.68. The number of aromatic nitrogens is 1. The first-order valence-electron chi connectivity index (χ1n) is 10.9. The fraction of sp³-hybridized carbons (Fsp3) is 0.357. The molecule has 3 aromatic rings. The zero-order valence-electron chi connectivity index (χ0n) is 19.9. The predicted molar refractivity (Wildman–Crippen MR) is 130 cm³/mol. The Bertz CT molecular complexity index is 1050. The molecule has 0 fully saturated rings. The Morgan fingerprint density at radius 2 is 1.66 bits per heavy atom. The average molecular weight is 609 g/mol. The van der Waals surface area contributed by atoms with Crippen LogP contribution in [-0.4, -0.2) is 15.9 Å². The van der Waals surface area contributed by atoms with Crippen molar-refractivity contribution in [2.24, 2.45) is 11.8 Å². The molecule has 4 heteroatoms. The van der Waals surface area contributed by atoms with Crippen LogP contribution in [0.5, 0.6) is 0 Å². The van der Waals surface area contributed by atoms with E-state index in [9.17, 15) is 9.90 Å². The van der Waals surface area contributed by atoms with Crippen LogP contribution < -0.4 is 0 Å². The first-order chi connectivity index (χ1) is 14.7. The summed E-state index contributed by atoms with van der Waals surface area (Å²) < 4.78 is 0. The molecule has 32 heavy (non-hydrogen) atoms. The molecule has 1 aromatic heterocycles. The summed E-state index contributed by atoms with van der Waals surface area (Å²) in [4.78, 5) is 15.9. The topological polar surface area (TPSA) is 50.2 Å². The molecule has 1 heterocycles. The maximum atomic E-state index is 11.2. The van der Waals surface area contributed by atoms with E-state index in [1.165, 1.54) is 22.6 Å². The van der Waals surface area contributed by atoms with Crippen LogP contribution in [0.1, 0.15) is 51.7 Å². The third kappa shape index (κ3) is 9.06. The molecule has 3 rings (SSSR count). The van der Waals surface area contributed by atoms with Crippen molar-refractivity contribution in [2.75, 3.05) is 0 Å². The first kappa shape index (κ1) is 27.7. The minimum absolute atomic E-state index is 0. The van der Waals surface area contributed by atoms with E-state index in [-0.39, 0.29) is 31.6 Å². The summed E-state index contributed by atoms with van der Waals surface area (Å²) in [6, 6.07) is 19.8. The molecule has 0 saturated heterocycles. The summed E-state index contributed by atoms with van der Waals surface area (Å²) in [6.45, 7) is 12.2. The Morgan fingerprint density at radius 3 is 2.28 bits per heavy atom. The number of hydrogen-bond acceptors (Lipinski definition) is 3. The van der Waals surface area contributed by atoms with E-state index in [0.29, 0.717) is 24.7 Å². The summed E-state index contributed by atoms with van der Waals surface area (Å²) in [5.41, 5.74) is 5.61. The quantitative estimate of drug-likeness (QED) is 0.180. The van der Waals surface area contributed by atoms with Crippen molar-refractivity contribution in [3.05, 3.63) is 77.6 Å². The molecule has 1 N–H and O–H groups in total. The molecule has 0 spiro atoms. The van der Waals surface area contributed by atoms with Crippen LogP contribution in [-0.2, 0) is 24.9 Å². The number of rotatable bonds is 6. The molecule has 0 atom stereocenters. The molecule has 2 aromatic carbocycles. The predicted octanol–water partition coefficient (Wildman–Crippen LogP) is 7.41. The monoisotopic (exact) mass is 609 g/mol. The second-order valence-corrected chi connectivity index (χ2v) is 8.90. The van der Waals surface area contributed by atoms with Gasteiger partial charge in [-0.3, -0.25) is 9.78 Å². The fourth-order valence-corrected chi connectivity index (χ4v) is 3.16. The van der Waals surface area contributed by atoms with Gasteiger partial charge in [0.2, 0.25) is 0 Å². The second-order valence-electron chi connectivity index (χ2n) is 8.90. The first-order valence-corrected chi connectivity index (χ1v) is 10.9. The summed E-state index contributed by atoms with van der Waals surface area (Å²) >= 11 is 0. The van der Waals surface area contributed by atoms with Gasteiger partial charge in [-0.1, -0.05) is 71.9 Å². The van der Waals surface area contributed by atoms with E-state index in [0.717, 1.165) is 16.8 Å². The van der Waals surface area contributed by atoms with Gasteiger partial charge >= 0.3 is 0 Å². The number of benzene rings is 2. The molecule has 0 aliphatic rings. The minimum atomic E-state index is 0. The number of ketones is 1. The van der Waals surface area contributed by atoms with Gasteiger partial charge in [-0.15, -0.1) is 34.9 Å². The van der Waals surface area contributed by atoms with E-state index >= 15 is 0 Å². The normalized spacial score (nSPS) is 11.2. The number of carbonyl (C=O) groups excluding carboxylic acids is 1. The molecule has 3 nitrogen and oxygen atoms in total. The number of hydrogen-bond donors (Lipinski definition) is 1. The molecule has 0 bridgehead atoms. The van der Waals surface area contributed by atoms with Crippen LogP contribution in [0.2, 0.25) is 0 Å². The van der Waals surface area contributed by atoms with Crippen molar-refractivity contribution in [1.29, 1.82) is 0 Å². The maximum Gasteiger partial charge on any atom is 0.159 e. The largest absolute Gasteiger partial charge is 0.512 e. The van der Waals surface area contributed by atoms with Crippen LogP contribution in [0.3, 0.4) is 0 Å². The van der Waals surface area contributed by atoms with E-state index in [1.54, 1.807) is 0 Å². The molecular formula is C28H34IrNO2-. The van der Waals surface area contributed by atoms with Crippen molar-refractivity contribution in [1.82, 2.24) is 4.98 Å². The third-order valence-electron chi connectivity index (χ3n) is 4.86. The van der Waals surface area contributed by atoms with Crippen LogP contribution in [0.15, 0.2) is 60.4 Å². The van der Waals surface area contributed by atoms with E-state index < -0.39 is 0 Å². The Hall–Kier alpha value is -2.29. The number of allylic oxidation sites excluding steroid dienone is 2. The summed E-state index contributed by atoms with van der Waals surface area (Å²) in [6.07, 6.45) is 2.46. The maximum absolute atomic E-state index is 11.2. The molecule has 0 aliphatic carbocycles. The Labute approximate surface area is 206 Å². The zero-order chi connectivity index (χ0) is 23.0. The van der Waals surface area contributed by atoms with Crippen molar-refractivity contribution in [2.45, 2.75) is 54.4 Å². The van der Waals surface area contributed by atoms with Gasteiger partial charge in [0.05, 0.1) is 11.3 Å². The van der Waals surface area contributed by atoms with Crippen molar-refractivity contribution in [3.63, 3.8) is 0 Å². The number of pyridine rings is 1. The fourth-order valence-electron chi connectivity index (χ4n) is 3.16.